The summed E-state index contributed by atoms with van der Waals surface area (Å²) in [5.74, 6) is -2.88. The van der Waals surface area contributed by atoms with Gasteiger partial charge in [-0.05, 0) is 39.8 Å². The SMILES string of the molecule is O=C(OC(c1ccccc1)c1ccccc1)[C@@H]1[C@@H]2C(=O)N(c3cccc4ccccc34)C(=O)[C@@H]2[C@H]2c3ccccc3C=CN12. The maximum atomic E-state index is 14.5. The average molecular weight is 577 g/mol. The van der Waals surface area contributed by atoms with Crippen molar-refractivity contribution in [1.82, 2.24) is 4.90 Å². The van der Waals surface area contributed by atoms with E-state index in [4.69, 9.17) is 4.74 Å². The zero-order valence-corrected chi connectivity index (χ0v) is 23.7. The van der Waals surface area contributed by atoms with Crippen LogP contribution in [0.4, 0.5) is 5.69 Å². The Morgan fingerprint density at radius 3 is 2.02 bits per heavy atom. The summed E-state index contributed by atoms with van der Waals surface area (Å²) in [5.41, 5.74) is 4.07. The van der Waals surface area contributed by atoms with E-state index in [0.717, 1.165) is 33.0 Å². The van der Waals surface area contributed by atoms with Gasteiger partial charge in [0.05, 0.1) is 23.6 Å². The Labute approximate surface area is 254 Å². The monoisotopic (exact) mass is 576 g/mol. The lowest BCUT2D eigenvalue weighted by Gasteiger charge is -2.35. The molecule has 6 nitrogen and oxygen atoms in total. The maximum absolute atomic E-state index is 14.5. The van der Waals surface area contributed by atoms with E-state index in [0.29, 0.717) is 5.69 Å². The van der Waals surface area contributed by atoms with Crippen molar-refractivity contribution >= 4 is 40.3 Å². The van der Waals surface area contributed by atoms with Crippen LogP contribution < -0.4 is 4.90 Å². The molecule has 8 rings (SSSR count). The second-order valence-corrected chi connectivity index (χ2v) is 11.5. The predicted octanol–water partition coefficient (Wildman–Crippen LogP) is 6.69. The molecular weight excluding hydrogens is 548 g/mol. The topological polar surface area (TPSA) is 66.9 Å². The van der Waals surface area contributed by atoms with Crippen molar-refractivity contribution in [3.63, 3.8) is 0 Å². The first-order valence-corrected chi connectivity index (χ1v) is 14.8. The number of amides is 2. The van der Waals surface area contributed by atoms with Crippen molar-refractivity contribution in [2.75, 3.05) is 4.90 Å². The Morgan fingerprint density at radius 1 is 0.659 bits per heavy atom. The fourth-order valence-electron chi connectivity index (χ4n) is 7.24. The molecule has 0 aliphatic carbocycles. The largest absolute Gasteiger partial charge is 0.451 e. The quantitative estimate of drug-likeness (QED) is 0.172. The van der Waals surface area contributed by atoms with Gasteiger partial charge in [-0.25, -0.2) is 9.69 Å². The standard InChI is InChI=1S/C38H28N2O4/c41-36-31-32(37(42)40(36)30-21-11-18-24-12-7-9-19-28(24)30)34(39-23-22-25-13-8-10-20-29(25)33(31)39)38(43)44-35(26-14-3-1-4-15-26)27-16-5-2-6-17-27/h1-23,31-35H/t31-,32+,33+,34-/m0/s1. The molecule has 0 N–H and O–H groups in total. The summed E-state index contributed by atoms with van der Waals surface area (Å²) in [6, 6.07) is 38.9. The van der Waals surface area contributed by atoms with Gasteiger partial charge in [-0.1, -0.05) is 121 Å². The third-order valence-electron chi connectivity index (χ3n) is 9.15. The van der Waals surface area contributed by atoms with Gasteiger partial charge in [0.25, 0.3) is 0 Å². The van der Waals surface area contributed by atoms with Gasteiger partial charge in [0.15, 0.2) is 6.10 Å². The molecule has 0 unspecified atom stereocenters. The molecule has 2 fully saturated rings. The number of carbonyl (C=O) groups excluding carboxylic acids is 3. The Balaban J connectivity index is 1.24. The summed E-state index contributed by atoms with van der Waals surface area (Å²) in [5, 5.41) is 1.74. The van der Waals surface area contributed by atoms with Crippen LogP contribution in [0.2, 0.25) is 0 Å². The normalized spacial score (nSPS) is 21.8. The third-order valence-corrected chi connectivity index (χ3v) is 9.15. The van der Waals surface area contributed by atoms with Gasteiger partial charge in [-0.3, -0.25) is 9.59 Å². The van der Waals surface area contributed by atoms with Crippen LogP contribution in [0.5, 0.6) is 0 Å². The van der Waals surface area contributed by atoms with E-state index >= 15 is 0 Å². The summed E-state index contributed by atoms with van der Waals surface area (Å²) < 4.78 is 6.35. The van der Waals surface area contributed by atoms with Crippen molar-refractivity contribution in [2.45, 2.75) is 18.2 Å². The van der Waals surface area contributed by atoms with E-state index in [1.807, 2.05) is 139 Å². The number of rotatable bonds is 5. The number of ether oxygens (including phenoxy) is 1. The number of benzene rings is 5. The molecule has 2 amide bonds. The molecule has 0 aromatic heterocycles. The molecule has 2 saturated heterocycles. The highest BCUT2D eigenvalue weighted by atomic mass is 16.5. The van der Waals surface area contributed by atoms with Crippen molar-refractivity contribution in [3.05, 3.63) is 156 Å². The maximum Gasteiger partial charge on any atom is 0.330 e. The van der Waals surface area contributed by atoms with Crippen molar-refractivity contribution in [2.24, 2.45) is 11.8 Å². The van der Waals surface area contributed by atoms with E-state index in [1.165, 1.54) is 4.90 Å². The smallest absolute Gasteiger partial charge is 0.330 e. The van der Waals surface area contributed by atoms with Crippen molar-refractivity contribution in [1.29, 1.82) is 0 Å². The Morgan fingerprint density at radius 2 is 1.27 bits per heavy atom. The molecule has 6 heteroatoms. The lowest BCUT2D eigenvalue weighted by Crippen LogP contribution is -2.45. The molecule has 44 heavy (non-hydrogen) atoms. The number of esters is 1. The first kappa shape index (κ1) is 26.2. The van der Waals surface area contributed by atoms with E-state index in [2.05, 4.69) is 0 Å². The first-order valence-electron chi connectivity index (χ1n) is 14.8. The molecule has 5 aromatic rings. The minimum absolute atomic E-state index is 0.297. The molecule has 0 spiro atoms. The Kier molecular flexibility index (Phi) is 6.15. The summed E-state index contributed by atoms with van der Waals surface area (Å²) in [7, 11) is 0. The highest BCUT2D eigenvalue weighted by Crippen LogP contribution is 2.54. The number of anilines is 1. The molecule has 5 aromatic carbocycles. The fraction of sp³-hybridized carbons (Fsp3) is 0.132. The molecule has 3 aliphatic heterocycles. The predicted molar refractivity (Wildman–Crippen MR) is 168 cm³/mol. The first-order chi connectivity index (χ1) is 21.6. The number of nitrogens with zero attached hydrogens (tertiary/aromatic N) is 2. The highest BCUT2D eigenvalue weighted by Gasteiger charge is 2.65. The van der Waals surface area contributed by atoms with Gasteiger partial charge in [-0.2, -0.15) is 0 Å². The van der Waals surface area contributed by atoms with Gasteiger partial charge in [0.1, 0.15) is 6.04 Å². The van der Waals surface area contributed by atoms with Crippen LogP contribution in [0, 0.1) is 11.8 Å². The number of hydrogen-bond donors (Lipinski definition) is 0. The molecule has 0 radical (unpaired) electrons. The van der Waals surface area contributed by atoms with Crippen LogP contribution in [-0.2, 0) is 19.1 Å². The van der Waals surface area contributed by atoms with E-state index in [-0.39, 0.29) is 11.8 Å². The molecule has 3 heterocycles. The van der Waals surface area contributed by atoms with Gasteiger partial charge in [0, 0.05) is 11.6 Å². The average Bonchev–Trinajstić information content (AvgIpc) is 3.56. The van der Waals surface area contributed by atoms with Crippen LogP contribution in [-0.4, -0.2) is 28.7 Å². The zero-order valence-electron chi connectivity index (χ0n) is 23.7. The van der Waals surface area contributed by atoms with Crippen molar-refractivity contribution in [3.8, 4) is 0 Å². The zero-order chi connectivity index (χ0) is 29.8. The second-order valence-electron chi connectivity index (χ2n) is 11.5. The molecule has 0 bridgehead atoms. The minimum Gasteiger partial charge on any atom is -0.451 e. The van der Waals surface area contributed by atoms with Crippen LogP contribution in [0.1, 0.15) is 34.4 Å². The van der Waals surface area contributed by atoms with Gasteiger partial charge >= 0.3 is 5.97 Å². The lowest BCUT2D eigenvalue weighted by molar-refractivity contribution is -0.155. The summed E-state index contributed by atoms with van der Waals surface area (Å²) in [6.07, 6.45) is 3.11. The summed E-state index contributed by atoms with van der Waals surface area (Å²) in [6.45, 7) is 0. The molecule has 4 atom stereocenters. The van der Waals surface area contributed by atoms with Gasteiger partial charge in [-0.15, -0.1) is 0 Å². The molecular formula is C38H28N2O4. The minimum atomic E-state index is -0.985. The number of carbonyl (C=O) groups is 3. The number of imide groups is 1. The second kappa shape index (κ2) is 10.3. The molecule has 214 valence electrons. The van der Waals surface area contributed by atoms with Gasteiger partial charge < -0.3 is 9.64 Å². The van der Waals surface area contributed by atoms with Crippen LogP contribution >= 0.6 is 0 Å². The van der Waals surface area contributed by atoms with Gasteiger partial charge in [0.2, 0.25) is 11.8 Å². The summed E-state index contributed by atoms with van der Waals surface area (Å²) >= 11 is 0. The molecule has 3 aliphatic rings. The van der Waals surface area contributed by atoms with E-state index < -0.39 is 36.0 Å². The van der Waals surface area contributed by atoms with Crippen LogP contribution in [0.15, 0.2) is 134 Å². The van der Waals surface area contributed by atoms with Crippen LogP contribution in [0.25, 0.3) is 16.8 Å². The van der Waals surface area contributed by atoms with Crippen LogP contribution in [0.3, 0.4) is 0 Å². The number of fused-ring (bicyclic) bond motifs is 6. The fourth-order valence-corrected chi connectivity index (χ4v) is 7.24. The van der Waals surface area contributed by atoms with E-state index in [1.54, 1.807) is 6.07 Å². The van der Waals surface area contributed by atoms with Crippen molar-refractivity contribution < 1.29 is 19.1 Å². The lowest BCUT2D eigenvalue weighted by atomic mass is 9.84. The Bertz CT molecular complexity index is 1910. The molecule has 0 saturated carbocycles. The Hall–Kier alpha value is -5.49. The summed E-state index contributed by atoms with van der Waals surface area (Å²) in [4.78, 5) is 46.6. The highest BCUT2D eigenvalue weighted by molar-refractivity contribution is 6.26. The number of hydrogen-bond acceptors (Lipinski definition) is 5. The third kappa shape index (κ3) is 3.98. The van der Waals surface area contributed by atoms with E-state index in [9.17, 15) is 14.4 Å².